The van der Waals surface area contributed by atoms with Gasteiger partial charge in [0.1, 0.15) is 17.2 Å². The van der Waals surface area contributed by atoms with Crippen LogP contribution in [0.15, 0.2) is 17.4 Å². The van der Waals surface area contributed by atoms with Gasteiger partial charge in [0.15, 0.2) is 0 Å². The van der Waals surface area contributed by atoms with Gasteiger partial charge in [-0.3, -0.25) is 0 Å². The number of nitrogens with one attached hydrogen (secondary N) is 1. The summed E-state index contributed by atoms with van der Waals surface area (Å²) in [6, 6.07) is 1.97. The summed E-state index contributed by atoms with van der Waals surface area (Å²) < 4.78 is 5.65. The topological polar surface area (TPSA) is 47.0 Å². The van der Waals surface area contributed by atoms with E-state index in [0.29, 0.717) is 6.10 Å². The molecule has 1 aromatic rings. The Morgan fingerprint density at radius 1 is 1.50 bits per heavy atom. The second-order valence-corrected chi connectivity index (χ2v) is 4.64. The van der Waals surface area contributed by atoms with Crippen molar-refractivity contribution in [2.24, 2.45) is 0 Å². The Kier molecular flexibility index (Phi) is 4.42. The minimum absolute atomic E-state index is 0.335. The molecule has 0 radical (unpaired) electrons. The summed E-state index contributed by atoms with van der Waals surface area (Å²) in [6.07, 6.45) is 7.55. The third-order valence-corrected chi connectivity index (χ3v) is 3.28. The van der Waals surface area contributed by atoms with E-state index < -0.39 is 0 Å². The van der Waals surface area contributed by atoms with Gasteiger partial charge in [0, 0.05) is 19.2 Å². The van der Waals surface area contributed by atoms with Crippen molar-refractivity contribution in [3.05, 3.63) is 12.4 Å². The first-order chi connectivity index (χ1) is 7.88. The van der Waals surface area contributed by atoms with Crippen LogP contribution in [0.2, 0.25) is 0 Å². The zero-order valence-electron chi connectivity index (χ0n) is 9.48. The molecule has 1 N–H and O–H groups in total. The lowest BCUT2D eigenvalue weighted by Gasteiger charge is -2.22. The highest BCUT2D eigenvalue weighted by Gasteiger charge is 2.13. The Hall–Kier alpha value is -0.810. The minimum atomic E-state index is 0.335. The van der Waals surface area contributed by atoms with Crippen molar-refractivity contribution in [3.63, 3.8) is 0 Å². The molecule has 16 heavy (non-hydrogen) atoms. The van der Waals surface area contributed by atoms with E-state index in [2.05, 4.69) is 15.3 Å². The van der Waals surface area contributed by atoms with Crippen molar-refractivity contribution in [1.29, 1.82) is 0 Å². The maximum atomic E-state index is 5.65. The third kappa shape index (κ3) is 3.35. The normalized spacial score (nSPS) is 20.7. The molecule has 1 aliphatic rings. The van der Waals surface area contributed by atoms with E-state index in [9.17, 15) is 0 Å². The van der Waals surface area contributed by atoms with Crippen LogP contribution < -0.4 is 5.32 Å². The zero-order valence-corrected chi connectivity index (χ0v) is 10.3. The molecule has 1 atom stereocenters. The fourth-order valence-corrected chi connectivity index (χ4v) is 2.12. The highest BCUT2D eigenvalue weighted by Crippen LogP contribution is 2.16. The number of thioether (sulfide) groups is 1. The summed E-state index contributed by atoms with van der Waals surface area (Å²) >= 11 is 1.62. The molecule has 1 fully saturated rings. The predicted molar refractivity (Wildman–Crippen MR) is 65.9 cm³/mol. The van der Waals surface area contributed by atoms with E-state index in [1.807, 2.05) is 12.3 Å². The fourth-order valence-electron chi connectivity index (χ4n) is 1.73. The van der Waals surface area contributed by atoms with Gasteiger partial charge >= 0.3 is 0 Å². The van der Waals surface area contributed by atoms with Gasteiger partial charge in [0.2, 0.25) is 0 Å². The Morgan fingerprint density at radius 3 is 3.19 bits per heavy atom. The monoisotopic (exact) mass is 239 g/mol. The van der Waals surface area contributed by atoms with Gasteiger partial charge < -0.3 is 10.1 Å². The summed E-state index contributed by atoms with van der Waals surface area (Å²) in [5.41, 5.74) is 0. The molecule has 0 aliphatic carbocycles. The number of hydrogen-bond acceptors (Lipinski definition) is 5. The van der Waals surface area contributed by atoms with E-state index in [-0.39, 0.29) is 0 Å². The molecular weight excluding hydrogens is 222 g/mol. The summed E-state index contributed by atoms with van der Waals surface area (Å²) in [5, 5.41) is 4.29. The molecular formula is C11H17N3OS. The summed E-state index contributed by atoms with van der Waals surface area (Å²) in [7, 11) is 0. The number of ether oxygens (including phenoxy) is 1. The van der Waals surface area contributed by atoms with Crippen LogP contribution >= 0.6 is 11.8 Å². The van der Waals surface area contributed by atoms with Crippen LogP contribution in [-0.4, -0.2) is 35.5 Å². The van der Waals surface area contributed by atoms with E-state index in [1.54, 1.807) is 18.1 Å². The summed E-state index contributed by atoms with van der Waals surface area (Å²) in [4.78, 5) is 8.31. The second kappa shape index (κ2) is 6.06. The largest absolute Gasteiger partial charge is 0.376 e. The Balaban J connectivity index is 1.83. The molecule has 1 saturated heterocycles. The summed E-state index contributed by atoms with van der Waals surface area (Å²) in [5.74, 6) is 0.883. The van der Waals surface area contributed by atoms with Crippen molar-refractivity contribution in [3.8, 4) is 0 Å². The number of nitrogens with zero attached hydrogens (tertiary/aromatic N) is 2. The average molecular weight is 239 g/mol. The van der Waals surface area contributed by atoms with E-state index >= 15 is 0 Å². The van der Waals surface area contributed by atoms with Crippen LogP contribution in [0, 0.1) is 0 Å². The van der Waals surface area contributed by atoms with Crippen molar-refractivity contribution in [1.82, 2.24) is 9.97 Å². The molecule has 88 valence electrons. The number of hydrogen-bond donors (Lipinski definition) is 1. The highest BCUT2D eigenvalue weighted by atomic mass is 32.2. The lowest BCUT2D eigenvalue weighted by Crippen LogP contribution is -2.27. The van der Waals surface area contributed by atoms with Crippen LogP contribution in [0.3, 0.4) is 0 Å². The van der Waals surface area contributed by atoms with Gasteiger partial charge in [-0.15, -0.1) is 11.8 Å². The molecule has 1 unspecified atom stereocenters. The SMILES string of the molecule is CSc1cc(NCC2CCCCO2)ncn1. The lowest BCUT2D eigenvalue weighted by molar-refractivity contribution is 0.0247. The van der Waals surface area contributed by atoms with Crippen LogP contribution in [0.4, 0.5) is 5.82 Å². The quantitative estimate of drug-likeness (QED) is 0.644. The van der Waals surface area contributed by atoms with Crippen LogP contribution in [0.25, 0.3) is 0 Å². The average Bonchev–Trinajstić information content (AvgIpc) is 2.38. The molecule has 0 bridgehead atoms. The first kappa shape index (κ1) is 11.7. The third-order valence-electron chi connectivity index (χ3n) is 2.64. The number of rotatable bonds is 4. The van der Waals surface area contributed by atoms with E-state index in [1.165, 1.54) is 12.8 Å². The predicted octanol–water partition coefficient (Wildman–Crippen LogP) is 2.18. The molecule has 1 aliphatic heterocycles. The van der Waals surface area contributed by atoms with Crippen molar-refractivity contribution in [2.45, 2.75) is 30.4 Å². The maximum Gasteiger partial charge on any atom is 0.130 e. The van der Waals surface area contributed by atoms with E-state index in [0.717, 1.165) is 30.4 Å². The van der Waals surface area contributed by atoms with Crippen LogP contribution in [0.1, 0.15) is 19.3 Å². The molecule has 0 saturated carbocycles. The molecule has 0 aromatic carbocycles. The van der Waals surface area contributed by atoms with Crippen LogP contribution in [-0.2, 0) is 4.74 Å². The van der Waals surface area contributed by atoms with Crippen molar-refractivity contribution < 1.29 is 4.74 Å². The number of aromatic nitrogens is 2. The van der Waals surface area contributed by atoms with Crippen molar-refractivity contribution in [2.75, 3.05) is 24.7 Å². The van der Waals surface area contributed by atoms with Crippen molar-refractivity contribution >= 4 is 17.6 Å². The van der Waals surface area contributed by atoms with Gasteiger partial charge in [-0.2, -0.15) is 0 Å². The van der Waals surface area contributed by atoms with Gasteiger partial charge in [-0.25, -0.2) is 9.97 Å². The fraction of sp³-hybridized carbons (Fsp3) is 0.636. The second-order valence-electron chi connectivity index (χ2n) is 3.82. The summed E-state index contributed by atoms with van der Waals surface area (Å²) in [6.45, 7) is 1.73. The molecule has 1 aromatic heterocycles. The Labute approximate surface area is 100 Å². The maximum absolute atomic E-state index is 5.65. The minimum Gasteiger partial charge on any atom is -0.376 e. The molecule has 5 heteroatoms. The Bertz CT molecular complexity index is 329. The molecule has 4 nitrogen and oxygen atoms in total. The number of anilines is 1. The van der Waals surface area contributed by atoms with Gasteiger partial charge in [-0.05, 0) is 25.5 Å². The van der Waals surface area contributed by atoms with Gasteiger partial charge in [0.25, 0.3) is 0 Å². The zero-order chi connectivity index (χ0) is 11.2. The lowest BCUT2D eigenvalue weighted by atomic mass is 10.1. The van der Waals surface area contributed by atoms with Gasteiger partial charge in [-0.1, -0.05) is 0 Å². The van der Waals surface area contributed by atoms with Gasteiger partial charge in [0.05, 0.1) is 6.10 Å². The molecule has 0 spiro atoms. The van der Waals surface area contributed by atoms with E-state index in [4.69, 9.17) is 4.74 Å². The first-order valence-electron chi connectivity index (χ1n) is 5.60. The molecule has 2 heterocycles. The highest BCUT2D eigenvalue weighted by molar-refractivity contribution is 7.98. The standard InChI is InChI=1S/C11H17N3OS/c1-16-11-6-10(13-8-14-11)12-7-9-4-2-3-5-15-9/h6,8-9H,2-5,7H2,1H3,(H,12,13,14). The Morgan fingerprint density at radius 2 is 2.44 bits per heavy atom. The smallest absolute Gasteiger partial charge is 0.130 e. The molecule has 0 amide bonds. The van der Waals surface area contributed by atoms with Crippen LogP contribution in [0.5, 0.6) is 0 Å². The first-order valence-corrected chi connectivity index (χ1v) is 6.82. The molecule has 2 rings (SSSR count).